The first-order valence-corrected chi connectivity index (χ1v) is 9.37. The topological polar surface area (TPSA) is 21.7 Å². The second-order valence-electron chi connectivity index (χ2n) is 6.22. The Bertz CT molecular complexity index is 805. The van der Waals surface area contributed by atoms with Crippen molar-refractivity contribution in [2.75, 3.05) is 38.4 Å². The fourth-order valence-electron chi connectivity index (χ4n) is 2.88. The maximum absolute atomic E-state index is 13.1. The first kappa shape index (κ1) is 21.8. The summed E-state index contributed by atoms with van der Waals surface area (Å²) in [6, 6.07) is 6.52. The number of hydrogen-bond acceptors (Lipinski definition) is 4. The number of halogens is 6. The van der Waals surface area contributed by atoms with Gasteiger partial charge in [0.2, 0.25) is 0 Å². The first-order chi connectivity index (χ1) is 13.6. The highest BCUT2D eigenvalue weighted by molar-refractivity contribution is 7.99. The van der Waals surface area contributed by atoms with Gasteiger partial charge < -0.3 is 14.4 Å². The Morgan fingerprint density at radius 3 is 1.76 bits per heavy atom. The summed E-state index contributed by atoms with van der Waals surface area (Å²) in [5.74, 6) is 0. The lowest BCUT2D eigenvalue weighted by Gasteiger charge is -2.33. The molecule has 1 aliphatic rings. The van der Waals surface area contributed by atoms with E-state index in [0.717, 1.165) is 36.0 Å². The highest BCUT2D eigenvalue weighted by Gasteiger charge is 2.35. The first-order valence-electron chi connectivity index (χ1n) is 8.56. The van der Waals surface area contributed by atoms with Gasteiger partial charge in [0.1, 0.15) is 0 Å². The van der Waals surface area contributed by atoms with E-state index in [1.54, 1.807) is 4.90 Å². The molecule has 0 saturated heterocycles. The molecule has 1 heterocycles. The third kappa shape index (κ3) is 4.99. The molecule has 0 bridgehead atoms. The van der Waals surface area contributed by atoms with Gasteiger partial charge in [0.15, 0.2) is 0 Å². The summed E-state index contributed by atoms with van der Waals surface area (Å²) < 4.78 is 88.8. The Labute approximate surface area is 167 Å². The van der Waals surface area contributed by atoms with Crippen LogP contribution < -0.4 is 4.90 Å². The smallest absolute Gasteiger partial charge is 0.382 e. The van der Waals surface area contributed by atoms with E-state index < -0.39 is 23.5 Å². The van der Waals surface area contributed by atoms with Crippen molar-refractivity contribution in [3.8, 4) is 0 Å². The van der Waals surface area contributed by atoms with Crippen LogP contribution >= 0.6 is 11.8 Å². The summed E-state index contributed by atoms with van der Waals surface area (Å²) in [7, 11) is 1.52. The Morgan fingerprint density at radius 2 is 1.31 bits per heavy atom. The maximum Gasteiger partial charge on any atom is 0.416 e. The van der Waals surface area contributed by atoms with E-state index in [1.165, 1.54) is 19.2 Å². The fourth-order valence-corrected chi connectivity index (χ4v) is 4.05. The average molecular weight is 437 g/mol. The SMILES string of the molecule is COCCOCCN1c2ccc(C(F)(F)F)cc2Sc2cc(C(F)(F)F)ccc21. The van der Waals surface area contributed by atoms with Gasteiger partial charge in [0.05, 0.1) is 42.3 Å². The molecule has 0 N–H and O–H groups in total. The van der Waals surface area contributed by atoms with Crippen LogP contribution in [0.1, 0.15) is 11.1 Å². The van der Waals surface area contributed by atoms with E-state index in [-0.39, 0.29) is 22.9 Å². The number of hydrogen-bond donors (Lipinski definition) is 0. The van der Waals surface area contributed by atoms with Crippen molar-refractivity contribution < 1.29 is 35.8 Å². The molecule has 2 aromatic rings. The van der Waals surface area contributed by atoms with Gasteiger partial charge in [-0.15, -0.1) is 0 Å². The zero-order chi connectivity index (χ0) is 21.2. The minimum Gasteiger partial charge on any atom is -0.382 e. The molecule has 3 nitrogen and oxygen atoms in total. The minimum atomic E-state index is -4.54. The lowest BCUT2D eigenvalue weighted by molar-refractivity contribution is -0.138. The number of benzene rings is 2. The average Bonchev–Trinajstić information content (AvgIpc) is 2.64. The molecule has 0 amide bonds. The van der Waals surface area contributed by atoms with Crippen molar-refractivity contribution in [2.45, 2.75) is 22.1 Å². The molecule has 158 valence electrons. The zero-order valence-electron chi connectivity index (χ0n) is 15.2. The van der Waals surface area contributed by atoms with Crippen LogP contribution in [0.15, 0.2) is 46.2 Å². The molecule has 0 aromatic heterocycles. The normalized spacial score (nSPS) is 14.0. The quantitative estimate of drug-likeness (QED) is 0.409. The fraction of sp³-hybridized carbons (Fsp3) is 0.368. The van der Waals surface area contributed by atoms with Crippen molar-refractivity contribution in [1.29, 1.82) is 0 Å². The summed E-state index contributed by atoms with van der Waals surface area (Å²) in [5.41, 5.74) is -0.720. The van der Waals surface area contributed by atoms with E-state index >= 15 is 0 Å². The number of methoxy groups -OCH3 is 1. The lowest BCUT2D eigenvalue weighted by Crippen LogP contribution is -2.26. The molecule has 0 spiro atoms. The summed E-state index contributed by atoms with van der Waals surface area (Å²) in [5, 5.41) is 0. The van der Waals surface area contributed by atoms with Crippen LogP contribution in [0.5, 0.6) is 0 Å². The van der Waals surface area contributed by atoms with Gasteiger partial charge in [-0.05, 0) is 36.4 Å². The number of anilines is 2. The number of alkyl halides is 6. The van der Waals surface area contributed by atoms with E-state index in [2.05, 4.69) is 0 Å². The molecule has 1 aliphatic heterocycles. The van der Waals surface area contributed by atoms with Crippen LogP contribution in [0.25, 0.3) is 0 Å². The molecule has 0 atom stereocenters. The Morgan fingerprint density at radius 1 is 0.793 bits per heavy atom. The van der Waals surface area contributed by atoms with Gasteiger partial charge in [-0.3, -0.25) is 0 Å². The molecule has 0 aliphatic carbocycles. The summed E-state index contributed by atoms with van der Waals surface area (Å²) in [4.78, 5) is 2.15. The second-order valence-corrected chi connectivity index (χ2v) is 7.30. The molecular formula is C19H17F6NO2S. The van der Waals surface area contributed by atoms with E-state index in [9.17, 15) is 26.3 Å². The van der Waals surface area contributed by atoms with Crippen LogP contribution in [0.4, 0.5) is 37.7 Å². The third-order valence-electron chi connectivity index (χ3n) is 4.27. The largest absolute Gasteiger partial charge is 0.416 e. The molecule has 0 radical (unpaired) electrons. The molecular weight excluding hydrogens is 420 g/mol. The zero-order valence-corrected chi connectivity index (χ0v) is 16.0. The standard InChI is InChI=1S/C19H17F6NO2S/c1-27-8-9-28-7-6-26-14-4-2-12(18(20,21)22)10-16(14)29-17-11-13(19(23,24)25)3-5-15(17)26/h2-5,10-11H,6-9H2,1H3. The van der Waals surface area contributed by atoms with Crippen molar-refractivity contribution >= 4 is 23.1 Å². The molecule has 3 rings (SSSR count). The molecule has 0 fully saturated rings. The third-order valence-corrected chi connectivity index (χ3v) is 5.36. The van der Waals surface area contributed by atoms with Gasteiger partial charge in [-0.25, -0.2) is 0 Å². The molecule has 29 heavy (non-hydrogen) atoms. The van der Waals surface area contributed by atoms with Crippen LogP contribution in [-0.2, 0) is 21.8 Å². The Hall–Kier alpha value is -1.91. The van der Waals surface area contributed by atoms with Crippen LogP contribution in [0.3, 0.4) is 0 Å². The predicted molar refractivity (Wildman–Crippen MR) is 96.7 cm³/mol. The Kier molecular flexibility index (Phi) is 6.35. The summed E-state index contributed by atoms with van der Waals surface area (Å²) in [6.45, 7) is 1.21. The molecule has 0 unspecified atom stereocenters. The van der Waals surface area contributed by atoms with E-state index in [4.69, 9.17) is 9.47 Å². The van der Waals surface area contributed by atoms with Crippen molar-refractivity contribution in [1.82, 2.24) is 0 Å². The number of fused-ring (bicyclic) bond motifs is 2. The van der Waals surface area contributed by atoms with Gasteiger partial charge in [0.25, 0.3) is 0 Å². The van der Waals surface area contributed by atoms with Crippen LogP contribution in [0.2, 0.25) is 0 Å². The van der Waals surface area contributed by atoms with Gasteiger partial charge in [-0.2, -0.15) is 26.3 Å². The van der Waals surface area contributed by atoms with E-state index in [1.807, 2.05) is 0 Å². The summed E-state index contributed by atoms with van der Waals surface area (Å²) >= 11 is 0.892. The Balaban J connectivity index is 1.96. The number of rotatable bonds is 6. The van der Waals surface area contributed by atoms with Crippen LogP contribution in [0, 0.1) is 0 Å². The van der Waals surface area contributed by atoms with Gasteiger partial charge >= 0.3 is 12.4 Å². The highest BCUT2D eigenvalue weighted by Crippen LogP contribution is 2.50. The van der Waals surface area contributed by atoms with Gasteiger partial charge in [0, 0.05) is 23.4 Å². The van der Waals surface area contributed by atoms with Crippen LogP contribution in [-0.4, -0.2) is 33.5 Å². The molecule has 10 heteroatoms. The second kappa shape index (κ2) is 8.45. The van der Waals surface area contributed by atoms with Crippen molar-refractivity contribution in [2.24, 2.45) is 0 Å². The minimum absolute atomic E-state index is 0.231. The molecule has 0 saturated carbocycles. The summed E-state index contributed by atoms with van der Waals surface area (Å²) in [6.07, 6.45) is -9.09. The van der Waals surface area contributed by atoms with Gasteiger partial charge in [-0.1, -0.05) is 11.8 Å². The lowest BCUT2D eigenvalue weighted by atomic mass is 10.1. The van der Waals surface area contributed by atoms with E-state index in [0.29, 0.717) is 24.6 Å². The molecule has 2 aromatic carbocycles. The monoisotopic (exact) mass is 437 g/mol. The number of ether oxygens (including phenoxy) is 2. The van der Waals surface area contributed by atoms with Crippen molar-refractivity contribution in [3.05, 3.63) is 47.5 Å². The maximum atomic E-state index is 13.1. The number of nitrogens with zero attached hydrogens (tertiary/aromatic N) is 1. The predicted octanol–water partition coefficient (Wildman–Crippen LogP) is 5.99. The van der Waals surface area contributed by atoms with Crippen molar-refractivity contribution in [3.63, 3.8) is 0 Å². The highest BCUT2D eigenvalue weighted by atomic mass is 32.2.